The highest BCUT2D eigenvalue weighted by Gasteiger charge is 2.32. The van der Waals surface area contributed by atoms with E-state index in [0.717, 1.165) is 85.3 Å². The number of hydrogen-bond donors (Lipinski definition) is 4. The zero-order valence-electron chi connectivity index (χ0n) is 35.6. The average molecular weight is 831 g/mol. The zero-order valence-corrected chi connectivity index (χ0v) is 35.6. The standard InChI is InChI=1S/2C26H29N3O2/c2*1-18(24-6-2-3-14-28-24)26(31)29-23-11-8-19(9-12-23)15-20-7-10-21(16-20)25(30)22-5-4-13-27-17-22/h2*2-6,8-9,11-14,17-18,20-21,25,30H,7,10,15-16H2,1H3,(H,29,31)/t18-,20+,21+,25+;18-,20-,21-,25-/m10/s1. The van der Waals surface area contributed by atoms with Crippen molar-refractivity contribution in [2.24, 2.45) is 23.7 Å². The van der Waals surface area contributed by atoms with Gasteiger partial charge in [-0.2, -0.15) is 0 Å². The quantitative estimate of drug-likeness (QED) is 0.0848. The third-order valence-electron chi connectivity index (χ3n) is 12.6. The lowest BCUT2D eigenvalue weighted by Gasteiger charge is -2.18. The van der Waals surface area contributed by atoms with E-state index in [1.165, 1.54) is 11.1 Å². The molecule has 0 bridgehead atoms. The third-order valence-corrected chi connectivity index (χ3v) is 12.6. The molecule has 320 valence electrons. The number of nitrogens with one attached hydrogen (secondary N) is 2. The van der Waals surface area contributed by atoms with Gasteiger partial charge in [0.15, 0.2) is 0 Å². The number of amides is 2. The normalized spacial score (nSPS) is 20.2. The number of aliphatic hydroxyl groups is 2. The Kier molecular flexibility index (Phi) is 15.3. The van der Waals surface area contributed by atoms with Crippen LogP contribution in [0.1, 0.15) is 110 Å². The smallest absolute Gasteiger partial charge is 0.233 e. The molecule has 2 aliphatic rings. The first-order valence-electron chi connectivity index (χ1n) is 22.0. The summed E-state index contributed by atoms with van der Waals surface area (Å²) in [6, 6.07) is 35.1. The molecule has 0 spiro atoms. The molecule has 4 N–H and O–H groups in total. The summed E-state index contributed by atoms with van der Waals surface area (Å²) in [6.07, 6.45) is 17.9. The van der Waals surface area contributed by atoms with Crippen molar-refractivity contribution < 1.29 is 19.8 Å². The van der Waals surface area contributed by atoms with Crippen molar-refractivity contribution in [3.63, 3.8) is 0 Å². The van der Waals surface area contributed by atoms with Gasteiger partial charge in [-0.05, 0) is 172 Å². The predicted octanol–water partition coefficient (Wildman–Crippen LogP) is 9.82. The molecule has 2 aromatic carbocycles. The number of benzene rings is 2. The summed E-state index contributed by atoms with van der Waals surface area (Å²) in [4.78, 5) is 41.8. The zero-order chi connectivity index (χ0) is 43.3. The fourth-order valence-corrected chi connectivity index (χ4v) is 8.97. The monoisotopic (exact) mass is 830 g/mol. The van der Waals surface area contributed by atoms with Crippen LogP contribution in [0.15, 0.2) is 146 Å². The van der Waals surface area contributed by atoms with Gasteiger partial charge in [0.2, 0.25) is 11.8 Å². The lowest BCUT2D eigenvalue weighted by atomic mass is 9.92. The molecule has 4 aromatic heterocycles. The summed E-state index contributed by atoms with van der Waals surface area (Å²) in [7, 11) is 0. The fraction of sp³-hybridized carbons (Fsp3) is 0.346. The third kappa shape index (κ3) is 12.0. The molecule has 4 heterocycles. The molecular weight excluding hydrogens is 773 g/mol. The van der Waals surface area contributed by atoms with Crippen molar-refractivity contribution in [1.29, 1.82) is 0 Å². The van der Waals surface area contributed by atoms with Crippen LogP contribution >= 0.6 is 0 Å². The molecule has 8 rings (SSSR count). The van der Waals surface area contributed by atoms with E-state index in [9.17, 15) is 19.8 Å². The van der Waals surface area contributed by atoms with Crippen molar-refractivity contribution in [2.75, 3.05) is 10.6 Å². The van der Waals surface area contributed by atoms with Gasteiger partial charge < -0.3 is 20.8 Å². The van der Waals surface area contributed by atoms with Crippen molar-refractivity contribution in [1.82, 2.24) is 19.9 Å². The largest absolute Gasteiger partial charge is 0.388 e. The van der Waals surface area contributed by atoms with Crippen molar-refractivity contribution in [3.05, 3.63) is 180 Å². The van der Waals surface area contributed by atoms with Crippen LogP contribution in [0.4, 0.5) is 11.4 Å². The van der Waals surface area contributed by atoms with Crippen molar-refractivity contribution >= 4 is 23.2 Å². The van der Waals surface area contributed by atoms with Gasteiger partial charge in [0.05, 0.1) is 35.4 Å². The Morgan fingerprint density at radius 2 is 0.968 bits per heavy atom. The minimum atomic E-state index is -0.433. The van der Waals surface area contributed by atoms with Crippen LogP contribution in [-0.2, 0) is 22.4 Å². The van der Waals surface area contributed by atoms with Gasteiger partial charge in [0.25, 0.3) is 0 Å². The minimum Gasteiger partial charge on any atom is -0.388 e. The number of carbonyl (C=O) groups excluding carboxylic acids is 2. The van der Waals surface area contributed by atoms with Crippen LogP contribution in [-0.4, -0.2) is 42.0 Å². The maximum atomic E-state index is 12.5. The number of aromatic nitrogens is 4. The molecule has 0 unspecified atom stereocenters. The first-order chi connectivity index (χ1) is 30.2. The lowest BCUT2D eigenvalue weighted by Crippen LogP contribution is -2.19. The fourth-order valence-electron chi connectivity index (χ4n) is 8.97. The Bertz CT molecular complexity index is 2120. The van der Waals surface area contributed by atoms with E-state index in [0.29, 0.717) is 23.7 Å². The van der Waals surface area contributed by atoms with E-state index in [1.807, 2.05) is 98.8 Å². The average Bonchev–Trinajstić information content (AvgIpc) is 4.00. The van der Waals surface area contributed by atoms with E-state index in [2.05, 4.69) is 54.8 Å². The summed E-state index contributed by atoms with van der Waals surface area (Å²) in [5.41, 5.74) is 7.47. The predicted molar refractivity (Wildman–Crippen MR) is 243 cm³/mol. The van der Waals surface area contributed by atoms with Crippen LogP contribution in [0.3, 0.4) is 0 Å². The maximum Gasteiger partial charge on any atom is 0.233 e. The van der Waals surface area contributed by atoms with Gasteiger partial charge in [-0.1, -0.05) is 48.5 Å². The van der Waals surface area contributed by atoms with Crippen molar-refractivity contribution in [2.45, 2.75) is 89.3 Å². The topological polar surface area (TPSA) is 150 Å². The van der Waals surface area contributed by atoms with Crippen LogP contribution in [0.2, 0.25) is 0 Å². The van der Waals surface area contributed by atoms with Gasteiger partial charge in [-0.3, -0.25) is 29.5 Å². The first-order valence-corrected chi connectivity index (χ1v) is 22.0. The lowest BCUT2D eigenvalue weighted by molar-refractivity contribution is -0.118. The molecule has 2 fully saturated rings. The number of pyridine rings is 4. The SMILES string of the molecule is C[C@@H](C(=O)Nc1ccc(C[C@@H]2CC[C@H]([C@H](O)c3cccnc3)C2)cc1)c1ccccn1.C[C@H](C(=O)Nc1ccc(C[C@@H]2CC[C@H]([C@H](O)c3cccnc3)C2)cc1)c1ccccn1. The second kappa shape index (κ2) is 21.6. The molecule has 6 aromatic rings. The molecule has 0 radical (unpaired) electrons. The second-order valence-electron chi connectivity index (χ2n) is 17.1. The Hall–Kier alpha value is -6.10. The molecule has 0 saturated heterocycles. The molecule has 8 atom stereocenters. The molecule has 2 aliphatic carbocycles. The highest BCUT2D eigenvalue weighted by molar-refractivity contribution is 5.95. The summed E-state index contributed by atoms with van der Waals surface area (Å²) >= 11 is 0. The Balaban J connectivity index is 0.000000186. The number of hydrogen-bond acceptors (Lipinski definition) is 8. The van der Waals surface area contributed by atoms with Crippen LogP contribution < -0.4 is 10.6 Å². The Morgan fingerprint density at radius 3 is 1.32 bits per heavy atom. The molecule has 10 heteroatoms. The van der Waals surface area contributed by atoms with E-state index >= 15 is 0 Å². The number of nitrogens with zero attached hydrogens (tertiary/aromatic N) is 4. The summed E-state index contributed by atoms with van der Waals surface area (Å²) in [5, 5.41) is 27.3. The molecule has 10 nitrogen and oxygen atoms in total. The molecular formula is C52H58N6O4. The highest BCUT2D eigenvalue weighted by Crippen LogP contribution is 2.41. The van der Waals surface area contributed by atoms with Gasteiger partial charge in [0, 0.05) is 48.6 Å². The molecule has 2 saturated carbocycles. The Labute approximate surface area is 365 Å². The van der Waals surface area contributed by atoms with Crippen molar-refractivity contribution in [3.8, 4) is 0 Å². The second-order valence-corrected chi connectivity index (χ2v) is 17.1. The van der Waals surface area contributed by atoms with Crippen LogP contribution in [0, 0.1) is 23.7 Å². The number of rotatable bonds is 14. The van der Waals surface area contributed by atoms with Crippen LogP contribution in [0.25, 0.3) is 0 Å². The molecule has 62 heavy (non-hydrogen) atoms. The summed E-state index contributed by atoms with van der Waals surface area (Å²) < 4.78 is 0. The minimum absolute atomic E-state index is 0.0607. The van der Waals surface area contributed by atoms with Gasteiger partial charge in [-0.25, -0.2) is 0 Å². The maximum absolute atomic E-state index is 12.5. The summed E-state index contributed by atoms with van der Waals surface area (Å²) in [5.74, 6) is 0.998. The number of anilines is 2. The van der Waals surface area contributed by atoms with E-state index in [4.69, 9.17) is 0 Å². The summed E-state index contributed by atoms with van der Waals surface area (Å²) in [6.45, 7) is 3.73. The van der Waals surface area contributed by atoms with Gasteiger partial charge >= 0.3 is 0 Å². The molecule has 2 amide bonds. The van der Waals surface area contributed by atoms with Crippen LogP contribution in [0.5, 0.6) is 0 Å². The first kappa shape index (κ1) is 44.0. The number of carbonyl (C=O) groups is 2. The highest BCUT2D eigenvalue weighted by atomic mass is 16.3. The van der Waals surface area contributed by atoms with E-state index < -0.39 is 12.2 Å². The molecule has 0 aliphatic heterocycles. The van der Waals surface area contributed by atoms with E-state index in [-0.39, 0.29) is 23.7 Å². The van der Waals surface area contributed by atoms with E-state index in [1.54, 1.807) is 37.2 Å². The number of aliphatic hydroxyl groups excluding tert-OH is 2. The Morgan fingerprint density at radius 1 is 0.548 bits per heavy atom. The van der Waals surface area contributed by atoms with Gasteiger partial charge in [0.1, 0.15) is 0 Å². The van der Waals surface area contributed by atoms with Gasteiger partial charge in [-0.15, -0.1) is 0 Å².